The Kier molecular flexibility index (Phi) is 5.99. The summed E-state index contributed by atoms with van der Waals surface area (Å²) in [5.74, 6) is -0.0747. The van der Waals surface area contributed by atoms with E-state index in [4.69, 9.17) is 16.3 Å². The SMILES string of the molecule is C=CC(=O)N1CCC(C(=O)NC2(c3ccc(Cl)cc3)CCOCC2)CC1. The van der Waals surface area contributed by atoms with E-state index in [1.165, 1.54) is 6.08 Å². The van der Waals surface area contributed by atoms with Crippen LogP contribution >= 0.6 is 11.6 Å². The Bertz CT molecular complexity index is 660. The average molecular weight is 377 g/mol. The van der Waals surface area contributed by atoms with E-state index in [1.54, 1.807) is 4.90 Å². The Morgan fingerprint density at radius 1 is 1.19 bits per heavy atom. The Hall–Kier alpha value is -1.85. The van der Waals surface area contributed by atoms with Gasteiger partial charge >= 0.3 is 0 Å². The molecule has 2 aliphatic rings. The van der Waals surface area contributed by atoms with Gasteiger partial charge in [-0.1, -0.05) is 30.3 Å². The Balaban J connectivity index is 1.69. The normalized spacial score (nSPS) is 20.4. The number of hydrogen-bond donors (Lipinski definition) is 1. The van der Waals surface area contributed by atoms with Crippen LogP contribution in [0.2, 0.25) is 5.02 Å². The maximum atomic E-state index is 13.0. The number of nitrogens with zero attached hydrogens (tertiary/aromatic N) is 1. The van der Waals surface area contributed by atoms with Crippen LogP contribution in [0.3, 0.4) is 0 Å². The van der Waals surface area contributed by atoms with Crippen LogP contribution in [0.4, 0.5) is 0 Å². The molecule has 1 aromatic carbocycles. The highest BCUT2D eigenvalue weighted by Crippen LogP contribution is 2.34. The second kappa shape index (κ2) is 8.23. The number of hydrogen-bond acceptors (Lipinski definition) is 3. The summed E-state index contributed by atoms with van der Waals surface area (Å²) in [6.45, 7) is 5.96. The van der Waals surface area contributed by atoms with Crippen molar-refractivity contribution in [3.8, 4) is 0 Å². The smallest absolute Gasteiger partial charge is 0.245 e. The third kappa shape index (κ3) is 4.10. The van der Waals surface area contributed by atoms with Gasteiger partial charge in [0.05, 0.1) is 5.54 Å². The van der Waals surface area contributed by atoms with Crippen molar-refractivity contribution >= 4 is 23.4 Å². The summed E-state index contributed by atoms with van der Waals surface area (Å²) in [5, 5.41) is 3.99. The fraction of sp³-hybridized carbons (Fsp3) is 0.500. The molecule has 0 unspecified atom stereocenters. The lowest BCUT2D eigenvalue weighted by molar-refractivity contribution is -0.134. The predicted octanol–water partition coefficient (Wildman–Crippen LogP) is 2.89. The van der Waals surface area contributed by atoms with Crippen LogP contribution in [0, 0.1) is 5.92 Å². The van der Waals surface area contributed by atoms with Gasteiger partial charge in [0.15, 0.2) is 0 Å². The first-order valence-corrected chi connectivity index (χ1v) is 9.49. The summed E-state index contributed by atoms with van der Waals surface area (Å²) < 4.78 is 5.52. The van der Waals surface area contributed by atoms with Gasteiger partial charge in [-0.2, -0.15) is 0 Å². The van der Waals surface area contributed by atoms with Crippen LogP contribution in [-0.4, -0.2) is 43.0 Å². The molecule has 2 saturated heterocycles. The molecule has 140 valence electrons. The maximum Gasteiger partial charge on any atom is 0.245 e. The van der Waals surface area contributed by atoms with Crippen LogP contribution in [-0.2, 0) is 19.9 Å². The van der Waals surface area contributed by atoms with Crippen molar-refractivity contribution in [2.45, 2.75) is 31.2 Å². The van der Waals surface area contributed by atoms with E-state index in [9.17, 15) is 9.59 Å². The summed E-state index contributed by atoms with van der Waals surface area (Å²) in [6.07, 6.45) is 4.18. The molecule has 0 aliphatic carbocycles. The summed E-state index contributed by atoms with van der Waals surface area (Å²) in [4.78, 5) is 26.4. The van der Waals surface area contributed by atoms with E-state index in [2.05, 4.69) is 11.9 Å². The largest absolute Gasteiger partial charge is 0.381 e. The van der Waals surface area contributed by atoms with Crippen LogP contribution in [0.15, 0.2) is 36.9 Å². The molecule has 2 heterocycles. The van der Waals surface area contributed by atoms with Gasteiger partial charge in [-0.3, -0.25) is 9.59 Å². The number of rotatable bonds is 4. The number of halogens is 1. The second-order valence-electron chi connectivity index (χ2n) is 6.99. The minimum absolute atomic E-state index is 0.0625. The Labute approximate surface area is 159 Å². The summed E-state index contributed by atoms with van der Waals surface area (Å²) in [5.41, 5.74) is 0.659. The molecule has 0 atom stereocenters. The van der Waals surface area contributed by atoms with Crippen molar-refractivity contribution in [2.75, 3.05) is 26.3 Å². The van der Waals surface area contributed by atoms with Crippen molar-refractivity contribution in [3.05, 3.63) is 47.5 Å². The highest BCUT2D eigenvalue weighted by molar-refractivity contribution is 6.30. The van der Waals surface area contributed by atoms with Crippen molar-refractivity contribution in [3.63, 3.8) is 0 Å². The molecule has 2 aliphatic heterocycles. The minimum Gasteiger partial charge on any atom is -0.381 e. The minimum atomic E-state index is -0.409. The molecule has 0 spiro atoms. The number of nitrogens with one attached hydrogen (secondary N) is 1. The van der Waals surface area contributed by atoms with Gasteiger partial charge in [0.25, 0.3) is 0 Å². The quantitative estimate of drug-likeness (QED) is 0.822. The number of piperidine rings is 1. The van der Waals surface area contributed by atoms with E-state index < -0.39 is 5.54 Å². The molecule has 6 heteroatoms. The summed E-state index contributed by atoms with van der Waals surface area (Å²) in [6, 6.07) is 7.69. The number of carbonyl (C=O) groups is 2. The number of ether oxygens (including phenoxy) is 1. The molecule has 2 amide bonds. The van der Waals surface area contributed by atoms with Crippen LogP contribution < -0.4 is 5.32 Å². The van der Waals surface area contributed by atoms with Gasteiger partial charge in [0, 0.05) is 37.2 Å². The van der Waals surface area contributed by atoms with Crippen LogP contribution in [0.1, 0.15) is 31.2 Å². The molecule has 3 rings (SSSR count). The molecule has 26 heavy (non-hydrogen) atoms. The molecular formula is C20H25ClN2O3. The Morgan fingerprint density at radius 3 is 2.38 bits per heavy atom. The molecule has 5 nitrogen and oxygen atoms in total. The molecular weight excluding hydrogens is 352 g/mol. The molecule has 0 bridgehead atoms. The zero-order valence-electron chi connectivity index (χ0n) is 14.9. The zero-order valence-corrected chi connectivity index (χ0v) is 15.6. The highest BCUT2D eigenvalue weighted by Gasteiger charge is 2.38. The van der Waals surface area contributed by atoms with Crippen molar-refractivity contribution < 1.29 is 14.3 Å². The first-order chi connectivity index (χ1) is 12.5. The van der Waals surface area contributed by atoms with Crippen molar-refractivity contribution in [1.82, 2.24) is 10.2 Å². The van der Waals surface area contributed by atoms with Gasteiger partial charge < -0.3 is 15.0 Å². The summed E-state index contributed by atoms with van der Waals surface area (Å²) >= 11 is 6.02. The fourth-order valence-corrected chi connectivity index (χ4v) is 3.93. The third-order valence-corrected chi connectivity index (χ3v) is 5.71. The lowest BCUT2D eigenvalue weighted by atomic mass is 9.81. The molecule has 2 fully saturated rings. The molecule has 0 saturated carbocycles. The fourth-order valence-electron chi connectivity index (χ4n) is 3.80. The highest BCUT2D eigenvalue weighted by atomic mass is 35.5. The lowest BCUT2D eigenvalue weighted by Crippen LogP contribution is -2.52. The third-order valence-electron chi connectivity index (χ3n) is 5.46. The van der Waals surface area contributed by atoms with Crippen LogP contribution in [0.5, 0.6) is 0 Å². The van der Waals surface area contributed by atoms with E-state index in [0.29, 0.717) is 44.2 Å². The van der Waals surface area contributed by atoms with Crippen molar-refractivity contribution in [1.29, 1.82) is 0 Å². The van der Waals surface area contributed by atoms with Gasteiger partial charge in [0.1, 0.15) is 0 Å². The van der Waals surface area contributed by atoms with E-state index in [1.807, 2.05) is 24.3 Å². The predicted molar refractivity (Wildman–Crippen MR) is 101 cm³/mol. The maximum absolute atomic E-state index is 13.0. The average Bonchev–Trinajstić information content (AvgIpc) is 2.68. The molecule has 1 N–H and O–H groups in total. The standard InChI is InChI=1S/C20H25ClN2O3/c1-2-18(24)23-11-7-15(8-12-23)19(25)22-20(9-13-26-14-10-20)16-3-5-17(21)6-4-16/h2-6,15H,1,7-14H2,(H,22,25). The first kappa shape index (κ1) is 18.9. The number of amides is 2. The monoisotopic (exact) mass is 376 g/mol. The number of likely N-dealkylation sites (tertiary alicyclic amines) is 1. The van der Waals surface area contributed by atoms with Gasteiger partial charge in [0.2, 0.25) is 11.8 Å². The topological polar surface area (TPSA) is 58.6 Å². The van der Waals surface area contributed by atoms with Crippen molar-refractivity contribution in [2.24, 2.45) is 5.92 Å². The van der Waals surface area contributed by atoms with Gasteiger partial charge in [-0.25, -0.2) is 0 Å². The molecule has 1 aromatic rings. The van der Waals surface area contributed by atoms with Crippen LogP contribution in [0.25, 0.3) is 0 Å². The van der Waals surface area contributed by atoms with Gasteiger partial charge in [-0.15, -0.1) is 0 Å². The van der Waals surface area contributed by atoms with Gasteiger partial charge in [-0.05, 0) is 49.5 Å². The van der Waals surface area contributed by atoms with E-state index in [-0.39, 0.29) is 17.7 Å². The Morgan fingerprint density at radius 2 is 1.81 bits per heavy atom. The number of benzene rings is 1. The lowest BCUT2D eigenvalue weighted by Gasteiger charge is -2.40. The van der Waals surface area contributed by atoms with E-state index in [0.717, 1.165) is 18.4 Å². The summed E-state index contributed by atoms with van der Waals surface area (Å²) in [7, 11) is 0. The first-order valence-electron chi connectivity index (χ1n) is 9.11. The molecule has 0 radical (unpaired) electrons. The zero-order chi connectivity index (χ0) is 18.6. The van der Waals surface area contributed by atoms with E-state index >= 15 is 0 Å². The number of carbonyl (C=O) groups excluding carboxylic acids is 2. The second-order valence-corrected chi connectivity index (χ2v) is 7.43. The molecule has 0 aromatic heterocycles.